The first-order valence-electron chi connectivity index (χ1n) is 8.13. The van der Waals surface area contributed by atoms with Crippen LogP contribution in [0.25, 0.3) is 11.3 Å². The Balaban J connectivity index is 1.56. The number of carbonyl (C=O) groups excluding carboxylic acids is 1. The molecule has 0 bridgehead atoms. The highest BCUT2D eigenvalue weighted by Gasteiger charge is 2.16. The van der Waals surface area contributed by atoms with Crippen LogP contribution in [-0.4, -0.2) is 40.9 Å². The van der Waals surface area contributed by atoms with Crippen LogP contribution in [-0.2, 0) is 9.53 Å². The minimum absolute atomic E-state index is 0.0122. The largest absolute Gasteiger partial charge is 0.376 e. The van der Waals surface area contributed by atoms with E-state index in [1.165, 1.54) is 11.8 Å². The van der Waals surface area contributed by atoms with Crippen LogP contribution in [0.5, 0.6) is 0 Å². The van der Waals surface area contributed by atoms with Crippen molar-refractivity contribution in [2.45, 2.75) is 31.0 Å². The zero-order valence-corrected chi connectivity index (χ0v) is 14.5. The number of aromatic nitrogens is 2. The molecule has 0 aliphatic carbocycles. The molecule has 6 heteroatoms. The maximum Gasteiger partial charge on any atom is 0.230 e. The van der Waals surface area contributed by atoms with Gasteiger partial charge in [-0.25, -0.2) is 9.97 Å². The fourth-order valence-electron chi connectivity index (χ4n) is 2.58. The lowest BCUT2D eigenvalue weighted by molar-refractivity contribution is -0.119. The molecule has 1 aliphatic rings. The molecule has 1 atom stereocenters. The molecule has 126 valence electrons. The number of hydrogen-bond acceptors (Lipinski definition) is 5. The van der Waals surface area contributed by atoms with Gasteiger partial charge in [0, 0.05) is 24.4 Å². The van der Waals surface area contributed by atoms with Crippen LogP contribution in [0.2, 0.25) is 0 Å². The second kappa shape index (κ2) is 8.26. The van der Waals surface area contributed by atoms with Gasteiger partial charge in [0.25, 0.3) is 0 Å². The molecule has 1 fully saturated rings. The van der Waals surface area contributed by atoms with Crippen molar-refractivity contribution >= 4 is 17.7 Å². The highest BCUT2D eigenvalue weighted by Crippen LogP contribution is 2.21. The lowest BCUT2D eigenvalue weighted by Gasteiger charge is -2.10. The molecule has 24 heavy (non-hydrogen) atoms. The Labute approximate surface area is 146 Å². The number of ether oxygens (including phenoxy) is 1. The molecule has 3 rings (SSSR count). The molecule has 1 N–H and O–H groups in total. The summed E-state index contributed by atoms with van der Waals surface area (Å²) in [5.74, 6) is 0.298. The van der Waals surface area contributed by atoms with E-state index in [-0.39, 0.29) is 12.0 Å². The van der Waals surface area contributed by atoms with Gasteiger partial charge in [-0.3, -0.25) is 4.79 Å². The minimum atomic E-state index is -0.0122. The van der Waals surface area contributed by atoms with E-state index in [0.717, 1.165) is 36.4 Å². The van der Waals surface area contributed by atoms with Gasteiger partial charge in [-0.1, -0.05) is 42.1 Å². The van der Waals surface area contributed by atoms with Gasteiger partial charge in [0.15, 0.2) is 5.16 Å². The average molecular weight is 343 g/mol. The summed E-state index contributed by atoms with van der Waals surface area (Å²) < 4.78 is 5.50. The first-order chi connectivity index (χ1) is 11.7. The van der Waals surface area contributed by atoms with Crippen molar-refractivity contribution in [3.63, 3.8) is 0 Å². The van der Waals surface area contributed by atoms with Crippen LogP contribution in [0, 0.1) is 6.92 Å². The van der Waals surface area contributed by atoms with Crippen LogP contribution in [0.3, 0.4) is 0 Å². The average Bonchev–Trinajstić information content (AvgIpc) is 3.12. The molecule has 1 aromatic heterocycles. The molecule has 0 unspecified atom stereocenters. The number of thioether (sulfide) groups is 1. The summed E-state index contributed by atoms with van der Waals surface area (Å²) in [6, 6.07) is 11.9. The topological polar surface area (TPSA) is 64.1 Å². The van der Waals surface area contributed by atoms with E-state index in [4.69, 9.17) is 4.74 Å². The number of nitrogens with zero attached hydrogens (tertiary/aromatic N) is 2. The van der Waals surface area contributed by atoms with E-state index in [1.807, 2.05) is 43.3 Å². The summed E-state index contributed by atoms with van der Waals surface area (Å²) in [7, 11) is 0. The van der Waals surface area contributed by atoms with E-state index < -0.39 is 0 Å². The second-order valence-corrected chi connectivity index (χ2v) is 6.71. The summed E-state index contributed by atoms with van der Waals surface area (Å²) in [4.78, 5) is 20.9. The van der Waals surface area contributed by atoms with Crippen LogP contribution in [0.1, 0.15) is 18.5 Å². The van der Waals surface area contributed by atoms with Gasteiger partial charge in [-0.2, -0.15) is 0 Å². The SMILES string of the molecule is Cc1cc(-c2ccccc2)nc(SCC(=O)NC[C@@H]2CCCO2)n1. The molecule has 1 amide bonds. The minimum Gasteiger partial charge on any atom is -0.376 e. The smallest absolute Gasteiger partial charge is 0.230 e. The van der Waals surface area contributed by atoms with Gasteiger partial charge >= 0.3 is 0 Å². The van der Waals surface area contributed by atoms with E-state index in [9.17, 15) is 4.79 Å². The molecule has 2 heterocycles. The van der Waals surface area contributed by atoms with E-state index in [0.29, 0.717) is 17.5 Å². The van der Waals surface area contributed by atoms with E-state index in [2.05, 4.69) is 15.3 Å². The van der Waals surface area contributed by atoms with Gasteiger partial charge in [-0.15, -0.1) is 0 Å². The van der Waals surface area contributed by atoms with Gasteiger partial charge in [0.05, 0.1) is 17.6 Å². The van der Waals surface area contributed by atoms with Crippen LogP contribution < -0.4 is 5.32 Å². The van der Waals surface area contributed by atoms with Crippen molar-refractivity contribution in [2.24, 2.45) is 0 Å². The van der Waals surface area contributed by atoms with Crippen molar-refractivity contribution in [1.82, 2.24) is 15.3 Å². The molecule has 0 saturated carbocycles. The number of hydrogen-bond donors (Lipinski definition) is 1. The molecule has 1 saturated heterocycles. The Morgan fingerprint density at radius 2 is 2.17 bits per heavy atom. The van der Waals surface area contributed by atoms with Crippen molar-refractivity contribution in [3.8, 4) is 11.3 Å². The Morgan fingerprint density at radius 1 is 1.33 bits per heavy atom. The van der Waals surface area contributed by atoms with Gasteiger partial charge in [-0.05, 0) is 25.8 Å². The number of benzene rings is 1. The predicted octanol–water partition coefficient (Wildman–Crippen LogP) is 2.84. The third kappa shape index (κ3) is 4.79. The number of aryl methyl sites for hydroxylation is 1. The standard InChI is InChI=1S/C18H21N3O2S/c1-13-10-16(14-6-3-2-4-7-14)21-18(20-13)24-12-17(22)19-11-15-8-5-9-23-15/h2-4,6-7,10,15H,5,8-9,11-12H2,1H3,(H,19,22)/t15-/m0/s1. The Hall–Kier alpha value is -1.92. The highest BCUT2D eigenvalue weighted by atomic mass is 32.2. The summed E-state index contributed by atoms with van der Waals surface area (Å²) in [6.45, 7) is 3.33. The Kier molecular flexibility index (Phi) is 5.82. The molecular formula is C18H21N3O2S. The Bertz CT molecular complexity index is 688. The molecule has 2 aromatic rings. The number of rotatable bonds is 6. The fourth-order valence-corrected chi connectivity index (χ4v) is 3.31. The van der Waals surface area contributed by atoms with E-state index in [1.54, 1.807) is 0 Å². The fraction of sp³-hybridized carbons (Fsp3) is 0.389. The predicted molar refractivity (Wildman–Crippen MR) is 94.9 cm³/mol. The first kappa shape index (κ1) is 16.9. The summed E-state index contributed by atoms with van der Waals surface area (Å²) in [5.41, 5.74) is 2.82. The molecule has 1 aliphatic heterocycles. The second-order valence-electron chi connectivity index (χ2n) is 5.77. The quantitative estimate of drug-likeness (QED) is 0.645. The van der Waals surface area contributed by atoms with Gasteiger partial charge in [0.2, 0.25) is 5.91 Å². The van der Waals surface area contributed by atoms with Gasteiger partial charge < -0.3 is 10.1 Å². The monoisotopic (exact) mass is 343 g/mol. The summed E-state index contributed by atoms with van der Waals surface area (Å²) in [6.07, 6.45) is 2.27. The van der Waals surface area contributed by atoms with Crippen molar-refractivity contribution < 1.29 is 9.53 Å². The normalized spacial score (nSPS) is 17.0. The number of amides is 1. The number of carbonyl (C=O) groups is 1. The van der Waals surface area contributed by atoms with Gasteiger partial charge in [0.1, 0.15) is 0 Å². The molecule has 1 aromatic carbocycles. The third-order valence-electron chi connectivity index (χ3n) is 3.79. The van der Waals surface area contributed by atoms with Crippen LogP contribution >= 0.6 is 11.8 Å². The zero-order valence-electron chi connectivity index (χ0n) is 13.7. The summed E-state index contributed by atoms with van der Waals surface area (Å²) in [5, 5.41) is 3.54. The maximum absolute atomic E-state index is 12.0. The molecule has 5 nitrogen and oxygen atoms in total. The van der Waals surface area contributed by atoms with Crippen molar-refractivity contribution in [2.75, 3.05) is 18.9 Å². The third-order valence-corrected chi connectivity index (χ3v) is 4.63. The number of nitrogens with one attached hydrogen (secondary N) is 1. The Morgan fingerprint density at radius 3 is 2.92 bits per heavy atom. The highest BCUT2D eigenvalue weighted by molar-refractivity contribution is 7.99. The zero-order chi connectivity index (χ0) is 16.8. The van der Waals surface area contributed by atoms with Crippen molar-refractivity contribution in [1.29, 1.82) is 0 Å². The van der Waals surface area contributed by atoms with E-state index >= 15 is 0 Å². The van der Waals surface area contributed by atoms with Crippen molar-refractivity contribution in [3.05, 3.63) is 42.1 Å². The van der Waals surface area contributed by atoms with Crippen LogP contribution in [0.15, 0.2) is 41.6 Å². The summed E-state index contributed by atoms with van der Waals surface area (Å²) >= 11 is 1.36. The molecule has 0 spiro atoms. The lowest BCUT2D eigenvalue weighted by atomic mass is 10.1. The molecular weight excluding hydrogens is 322 g/mol. The lowest BCUT2D eigenvalue weighted by Crippen LogP contribution is -2.32. The first-order valence-corrected chi connectivity index (χ1v) is 9.11. The van der Waals surface area contributed by atoms with Crippen LogP contribution in [0.4, 0.5) is 0 Å². The molecule has 0 radical (unpaired) electrons. The maximum atomic E-state index is 12.0.